The van der Waals surface area contributed by atoms with Crippen LogP contribution in [0.25, 0.3) is 0 Å². The van der Waals surface area contributed by atoms with Gasteiger partial charge in [-0.3, -0.25) is 0 Å². The summed E-state index contributed by atoms with van der Waals surface area (Å²) in [5, 5.41) is 9.80. The second-order valence-corrected chi connectivity index (χ2v) is 4.56. The lowest BCUT2D eigenvalue weighted by molar-refractivity contribution is 0.379. The van der Waals surface area contributed by atoms with Crippen LogP contribution < -0.4 is 4.74 Å². The third kappa shape index (κ3) is 1.84. The summed E-state index contributed by atoms with van der Waals surface area (Å²) >= 11 is 0. The molecule has 1 aromatic rings. The molecule has 0 aromatic heterocycles. The van der Waals surface area contributed by atoms with Crippen molar-refractivity contribution in [3.05, 3.63) is 23.3 Å². The molecule has 2 heteroatoms. The van der Waals surface area contributed by atoms with Crippen molar-refractivity contribution in [2.24, 2.45) is 0 Å². The first-order valence-electron chi connectivity index (χ1n) is 4.75. The van der Waals surface area contributed by atoms with Crippen molar-refractivity contribution in [3.63, 3.8) is 0 Å². The topological polar surface area (TPSA) is 29.5 Å². The predicted octanol–water partition coefficient (Wildman–Crippen LogP) is 3.01. The van der Waals surface area contributed by atoms with Gasteiger partial charge in [-0.25, -0.2) is 0 Å². The van der Waals surface area contributed by atoms with Gasteiger partial charge >= 0.3 is 0 Å². The highest BCUT2D eigenvalue weighted by atomic mass is 16.5. The molecule has 0 amide bonds. The quantitative estimate of drug-likeness (QED) is 0.744. The number of hydrogen-bond acceptors (Lipinski definition) is 2. The fourth-order valence-corrected chi connectivity index (χ4v) is 1.66. The summed E-state index contributed by atoms with van der Waals surface area (Å²) in [6.07, 6.45) is 0. The smallest absolute Gasteiger partial charge is 0.129 e. The Bertz CT molecular complexity index is 335. The van der Waals surface area contributed by atoms with Crippen molar-refractivity contribution < 1.29 is 9.84 Å². The Morgan fingerprint density at radius 2 is 1.79 bits per heavy atom. The highest BCUT2D eigenvalue weighted by Crippen LogP contribution is 2.39. The second-order valence-electron chi connectivity index (χ2n) is 4.56. The van der Waals surface area contributed by atoms with E-state index in [0.717, 1.165) is 16.9 Å². The van der Waals surface area contributed by atoms with Crippen molar-refractivity contribution >= 4 is 0 Å². The Labute approximate surface area is 85.5 Å². The maximum Gasteiger partial charge on any atom is 0.129 e. The van der Waals surface area contributed by atoms with Gasteiger partial charge in [0.15, 0.2) is 0 Å². The zero-order valence-corrected chi connectivity index (χ0v) is 9.51. The lowest BCUT2D eigenvalue weighted by Crippen LogP contribution is -2.13. The maximum atomic E-state index is 9.80. The van der Waals surface area contributed by atoms with Crippen molar-refractivity contribution in [1.29, 1.82) is 0 Å². The molecule has 0 saturated heterocycles. The molecule has 1 N–H and O–H groups in total. The highest BCUT2D eigenvalue weighted by molar-refractivity contribution is 5.52. The molecule has 0 bridgehead atoms. The summed E-state index contributed by atoms with van der Waals surface area (Å²) in [6, 6.07) is 3.59. The van der Waals surface area contributed by atoms with Crippen LogP contribution in [0.15, 0.2) is 12.1 Å². The van der Waals surface area contributed by atoms with E-state index in [1.165, 1.54) is 0 Å². The zero-order valence-electron chi connectivity index (χ0n) is 9.51. The number of hydrogen-bond donors (Lipinski definition) is 1. The fourth-order valence-electron chi connectivity index (χ4n) is 1.66. The number of aromatic hydroxyl groups is 1. The summed E-state index contributed by atoms with van der Waals surface area (Å²) in [4.78, 5) is 0. The summed E-state index contributed by atoms with van der Waals surface area (Å²) in [6.45, 7) is 8.16. The zero-order chi connectivity index (χ0) is 10.9. The summed E-state index contributed by atoms with van der Waals surface area (Å²) in [5.74, 6) is 1.09. The van der Waals surface area contributed by atoms with Gasteiger partial charge in [-0.05, 0) is 24.0 Å². The van der Waals surface area contributed by atoms with Crippen LogP contribution >= 0.6 is 0 Å². The van der Waals surface area contributed by atoms with Gasteiger partial charge in [0, 0.05) is 5.56 Å². The van der Waals surface area contributed by atoms with Crippen LogP contribution in [0.4, 0.5) is 0 Å². The van der Waals surface area contributed by atoms with Gasteiger partial charge in [-0.2, -0.15) is 0 Å². The average Bonchev–Trinajstić information content (AvgIpc) is 2.06. The van der Waals surface area contributed by atoms with Gasteiger partial charge < -0.3 is 9.84 Å². The Kier molecular flexibility index (Phi) is 2.74. The van der Waals surface area contributed by atoms with Gasteiger partial charge in [0.2, 0.25) is 0 Å². The van der Waals surface area contributed by atoms with Gasteiger partial charge in [-0.15, -0.1) is 0 Å². The molecule has 78 valence electrons. The normalized spacial score (nSPS) is 11.5. The molecule has 0 saturated carbocycles. The summed E-state index contributed by atoms with van der Waals surface area (Å²) in [5.41, 5.74) is 1.82. The molecule has 0 spiro atoms. The van der Waals surface area contributed by atoms with E-state index in [1.807, 2.05) is 13.0 Å². The lowest BCUT2D eigenvalue weighted by atomic mass is 9.84. The number of aryl methyl sites for hydroxylation is 1. The second kappa shape index (κ2) is 3.52. The standard InChI is InChI=1S/C12H18O2/c1-8-6-7-9(13)10(11(8)14-5)12(2,3)4/h6-7,13H,1-5H3. The first kappa shape index (κ1) is 10.9. The van der Waals surface area contributed by atoms with E-state index >= 15 is 0 Å². The number of phenolic OH excluding ortho intramolecular Hbond substituents is 1. The summed E-state index contributed by atoms with van der Waals surface area (Å²) < 4.78 is 5.32. The van der Waals surface area contributed by atoms with E-state index in [0.29, 0.717) is 5.75 Å². The molecular weight excluding hydrogens is 176 g/mol. The monoisotopic (exact) mass is 194 g/mol. The van der Waals surface area contributed by atoms with Gasteiger partial charge in [0.25, 0.3) is 0 Å². The molecule has 0 heterocycles. The molecular formula is C12H18O2. The molecule has 1 rings (SSSR count). The minimum Gasteiger partial charge on any atom is -0.508 e. The van der Waals surface area contributed by atoms with E-state index in [2.05, 4.69) is 20.8 Å². The first-order valence-corrected chi connectivity index (χ1v) is 4.75. The van der Waals surface area contributed by atoms with Gasteiger partial charge in [-0.1, -0.05) is 26.8 Å². The van der Waals surface area contributed by atoms with Gasteiger partial charge in [0.05, 0.1) is 7.11 Å². The predicted molar refractivity (Wildman–Crippen MR) is 58.1 cm³/mol. The van der Waals surface area contributed by atoms with Crippen LogP contribution in [-0.2, 0) is 5.41 Å². The number of methoxy groups -OCH3 is 1. The number of phenols is 1. The molecule has 14 heavy (non-hydrogen) atoms. The lowest BCUT2D eigenvalue weighted by Gasteiger charge is -2.24. The SMILES string of the molecule is COc1c(C)ccc(O)c1C(C)(C)C. The van der Waals surface area contributed by atoms with Crippen LogP contribution in [0.3, 0.4) is 0 Å². The number of benzene rings is 1. The van der Waals surface area contributed by atoms with E-state index < -0.39 is 0 Å². The first-order chi connectivity index (χ1) is 6.38. The Morgan fingerprint density at radius 1 is 1.21 bits per heavy atom. The fraction of sp³-hybridized carbons (Fsp3) is 0.500. The maximum absolute atomic E-state index is 9.80. The van der Waals surface area contributed by atoms with Crippen LogP contribution in [0, 0.1) is 6.92 Å². The Balaban J connectivity index is 3.46. The van der Waals surface area contributed by atoms with Crippen LogP contribution in [-0.4, -0.2) is 12.2 Å². The van der Waals surface area contributed by atoms with Crippen LogP contribution in [0.1, 0.15) is 31.9 Å². The van der Waals surface area contributed by atoms with E-state index in [-0.39, 0.29) is 5.41 Å². The highest BCUT2D eigenvalue weighted by Gasteiger charge is 2.23. The largest absolute Gasteiger partial charge is 0.508 e. The third-order valence-electron chi connectivity index (χ3n) is 2.29. The van der Waals surface area contributed by atoms with Crippen molar-refractivity contribution in [2.75, 3.05) is 7.11 Å². The average molecular weight is 194 g/mol. The van der Waals surface area contributed by atoms with Crippen molar-refractivity contribution in [2.45, 2.75) is 33.1 Å². The number of ether oxygens (including phenoxy) is 1. The molecule has 0 aliphatic rings. The molecule has 0 aliphatic heterocycles. The molecule has 0 unspecified atom stereocenters. The van der Waals surface area contributed by atoms with E-state index in [4.69, 9.17) is 4.74 Å². The number of rotatable bonds is 1. The van der Waals surface area contributed by atoms with Gasteiger partial charge in [0.1, 0.15) is 11.5 Å². The van der Waals surface area contributed by atoms with E-state index in [9.17, 15) is 5.11 Å². The minimum absolute atomic E-state index is 0.110. The minimum atomic E-state index is -0.110. The third-order valence-corrected chi connectivity index (χ3v) is 2.29. The van der Waals surface area contributed by atoms with Crippen LogP contribution in [0.2, 0.25) is 0 Å². The van der Waals surface area contributed by atoms with Crippen LogP contribution in [0.5, 0.6) is 11.5 Å². The molecule has 0 fully saturated rings. The van der Waals surface area contributed by atoms with E-state index in [1.54, 1.807) is 13.2 Å². The van der Waals surface area contributed by atoms with Crippen molar-refractivity contribution in [3.8, 4) is 11.5 Å². The molecule has 0 aliphatic carbocycles. The molecule has 1 aromatic carbocycles. The summed E-state index contributed by atoms with van der Waals surface area (Å²) in [7, 11) is 1.64. The molecule has 0 atom stereocenters. The van der Waals surface area contributed by atoms with Crippen molar-refractivity contribution in [1.82, 2.24) is 0 Å². The molecule has 0 radical (unpaired) electrons. The Morgan fingerprint density at radius 3 is 2.14 bits per heavy atom. The Hall–Kier alpha value is -1.18. The molecule has 2 nitrogen and oxygen atoms in total.